The first-order valence-corrected chi connectivity index (χ1v) is 8.42. The first-order chi connectivity index (χ1) is 12.7. The lowest BCUT2D eigenvalue weighted by molar-refractivity contribution is 0.297. The molecule has 0 spiro atoms. The number of phenols is 1. The lowest BCUT2D eigenvalue weighted by atomic mass is 10.2. The van der Waals surface area contributed by atoms with Crippen LogP contribution in [0.5, 0.6) is 17.2 Å². The normalized spacial score (nSPS) is 10.8. The van der Waals surface area contributed by atoms with E-state index in [4.69, 9.17) is 9.47 Å². The van der Waals surface area contributed by atoms with Gasteiger partial charge in [-0.25, -0.2) is 0 Å². The van der Waals surface area contributed by atoms with Crippen LogP contribution in [0.1, 0.15) is 11.1 Å². The number of hydrogen-bond acceptors (Lipinski definition) is 4. The third kappa shape index (κ3) is 4.86. The second-order valence-electron chi connectivity index (χ2n) is 5.77. The van der Waals surface area contributed by atoms with E-state index in [-0.39, 0.29) is 5.75 Å². The van der Waals surface area contributed by atoms with Crippen molar-refractivity contribution in [3.8, 4) is 17.2 Å². The average Bonchev–Trinajstić information content (AvgIpc) is 2.69. The summed E-state index contributed by atoms with van der Waals surface area (Å²) in [6.07, 6.45) is 2.59. The zero-order valence-electron chi connectivity index (χ0n) is 14.6. The van der Waals surface area contributed by atoms with E-state index >= 15 is 0 Å². The van der Waals surface area contributed by atoms with Gasteiger partial charge in [-0.1, -0.05) is 30.3 Å². The molecular formula is C22H21NO3. The first-order valence-electron chi connectivity index (χ1n) is 8.42. The number of aliphatic imine (C=N–C) groups is 1. The Bertz CT molecular complexity index is 858. The molecule has 3 rings (SSSR count). The molecule has 4 heteroatoms. The van der Waals surface area contributed by atoms with Gasteiger partial charge in [0.25, 0.3) is 0 Å². The zero-order chi connectivity index (χ0) is 18.2. The van der Waals surface area contributed by atoms with Crippen LogP contribution in [0, 0.1) is 0 Å². The summed E-state index contributed by atoms with van der Waals surface area (Å²) in [5.41, 5.74) is 2.92. The maximum absolute atomic E-state index is 9.30. The van der Waals surface area contributed by atoms with Crippen molar-refractivity contribution in [2.45, 2.75) is 6.42 Å². The smallest absolute Gasteiger partial charge is 0.161 e. The molecule has 4 nitrogen and oxygen atoms in total. The highest BCUT2D eigenvalue weighted by molar-refractivity contribution is 5.83. The SMILES string of the molecule is COc1cc(C=Nc2ccc(O)cc2)ccc1OCCc1ccccc1. The standard InChI is InChI=1S/C22H21NO3/c1-25-22-15-18(16-23-19-8-10-20(24)11-9-19)7-12-21(22)26-14-13-17-5-3-2-4-6-17/h2-12,15-16,24H,13-14H2,1H3. The second kappa shape index (κ2) is 8.72. The van der Waals surface area contributed by atoms with Gasteiger partial charge in [-0.05, 0) is 53.6 Å². The molecule has 0 bridgehead atoms. The van der Waals surface area contributed by atoms with E-state index in [1.807, 2.05) is 36.4 Å². The van der Waals surface area contributed by atoms with Crippen molar-refractivity contribution in [1.29, 1.82) is 0 Å². The van der Waals surface area contributed by atoms with Crippen LogP contribution in [-0.4, -0.2) is 25.0 Å². The van der Waals surface area contributed by atoms with E-state index in [2.05, 4.69) is 17.1 Å². The molecule has 0 atom stereocenters. The van der Waals surface area contributed by atoms with Crippen molar-refractivity contribution in [3.63, 3.8) is 0 Å². The molecule has 0 saturated carbocycles. The Morgan fingerprint density at radius 3 is 2.42 bits per heavy atom. The summed E-state index contributed by atoms with van der Waals surface area (Å²) < 4.78 is 11.3. The van der Waals surface area contributed by atoms with Crippen molar-refractivity contribution in [2.24, 2.45) is 4.99 Å². The van der Waals surface area contributed by atoms with Gasteiger partial charge in [-0.2, -0.15) is 0 Å². The third-order valence-electron chi connectivity index (χ3n) is 3.89. The van der Waals surface area contributed by atoms with E-state index in [1.54, 1.807) is 37.6 Å². The lowest BCUT2D eigenvalue weighted by Crippen LogP contribution is -2.03. The molecule has 0 aliphatic carbocycles. The summed E-state index contributed by atoms with van der Waals surface area (Å²) in [7, 11) is 1.63. The van der Waals surface area contributed by atoms with Crippen LogP contribution in [-0.2, 0) is 6.42 Å². The van der Waals surface area contributed by atoms with Crippen LogP contribution < -0.4 is 9.47 Å². The fourth-order valence-corrected chi connectivity index (χ4v) is 2.50. The maximum atomic E-state index is 9.30. The van der Waals surface area contributed by atoms with E-state index in [0.29, 0.717) is 18.1 Å². The van der Waals surface area contributed by atoms with Crippen LogP contribution >= 0.6 is 0 Å². The summed E-state index contributed by atoms with van der Waals surface area (Å²) in [5.74, 6) is 1.61. The van der Waals surface area contributed by atoms with E-state index < -0.39 is 0 Å². The van der Waals surface area contributed by atoms with E-state index in [1.165, 1.54) is 5.56 Å². The van der Waals surface area contributed by atoms with Gasteiger partial charge in [0.2, 0.25) is 0 Å². The average molecular weight is 347 g/mol. The molecule has 1 N–H and O–H groups in total. The molecule has 0 fully saturated rings. The molecule has 3 aromatic rings. The highest BCUT2D eigenvalue weighted by Gasteiger charge is 2.05. The molecule has 0 aliphatic rings. The molecule has 0 amide bonds. The molecule has 3 aromatic carbocycles. The van der Waals surface area contributed by atoms with Crippen molar-refractivity contribution in [3.05, 3.63) is 83.9 Å². The number of benzene rings is 3. The van der Waals surface area contributed by atoms with Gasteiger partial charge in [0, 0.05) is 12.6 Å². The minimum Gasteiger partial charge on any atom is -0.508 e. The highest BCUT2D eigenvalue weighted by Crippen LogP contribution is 2.28. The number of methoxy groups -OCH3 is 1. The van der Waals surface area contributed by atoms with Crippen molar-refractivity contribution in [1.82, 2.24) is 0 Å². The van der Waals surface area contributed by atoms with Crippen LogP contribution in [0.25, 0.3) is 0 Å². The minimum absolute atomic E-state index is 0.225. The van der Waals surface area contributed by atoms with Gasteiger partial charge in [0.1, 0.15) is 5.75 Å². The Balaban J connectivity index is 1.64. The zero-order valence-corrected chi connectivity index (χ0v) is 14.6. The van der Waals surface area contributed by atoms with E-state index in [0.717, 1.165) is 17.7 Å². The highest BCUT2D eigenvalue weighted by atomic mass is 16.5. The van der Waals surface area contributed by atoms with Crippen molar-refractivity contribution >= 4 is 11.9 Å². The number of hydrogen-bond donors (Lipinski definition) is 1. The van der Waals surface area contributed by atoms with Crippen LogP contribution in [0.15, 0.2) is 77.8 Å². The third-order valence-corrected chi connectivity index (χ3v) is 3.89. The molecule has 0 unspecified atom stereocenters. The Labute approximate surface area is 153 Å². The summed E-state index contributed by atoms with van der Waals surface area (Å²) >= 11 is 0. The monoisotopic (exact) mass is 347 g/mol. The van der Waals surface area contributed by atoms with Crippen LogP contribution in [0.4, 0.5) is 5.69 Å². The van der Waals surface area contributed by atoms with Crippen LogP contribution in [0.3, 0.4) is 0 Å². The number of nitrogens with zero attached hydrogens (tertiary/aromatic N) is 1. The number of phenolic OH excluding ortho intramolecular Hbond substituents is 1. The lowest BCUT2D eigenvalue weighted by Gasteiger charge is -2.11. The number of aromatic hydroxyl groups is 1. The topological polar surface area (TPSA) is 51.0 Å². The first kappa shape index (κ1) is 17.5. The number of ether oxygens (including phenoxy) is 2. The van der Waals surface area contributed by atoms with Gasteiger partial charge in [0.05, 0.1) is 19.4 Å². The molecule has 0 radical (unpaired) electrons. The minimum atomic E-state index is 0.225. The molecule has 0 saturated heterocycles. The summed E-state index contributed by atoms with van der Waals surface area (Å²) in [4.78, 5) is 4.39. The van der Waals surface area contributed by atoms with Gasteiger partial charge in [-0.15, -0.1) is 0 Å². The molecular weight excluding hydrogens is 326 g/mol. The largest absolute Gasteiger partial charge is 0.508 e. The predicted molar refractivity (Wildman–Crippen MR) is 104 cm³/mol. The molecule has 0 aliphatic heterocycles. The second-order valence-corrected chi connectivity index (χ2v) is 5.77. The summed E-state index contributed by atoms with van der Waals surface area (Å²) in [5, 5.41) is 9.30. The number of rotatable bonds is 7. The van der Waals surface area contributed by atoms with Gasteiger partial charge < -0.3 is 14.6 Å². The Morgan fingerprint density at radius 1 is 0.923 bits per heavy atom. The molecule has 0 aromatic heterocycles. The maximum Gasteiger partial charge on any atom is 0.161 e. The Hall–Kier alpha value is -3.27. The predicted octanol–water partition coefficient (Wildman–Crippen LogP) is 4.77. The van der Waals surface area contributed by atoms with E-state index in [9.17, 15) is 5.11 Å². The van der Waals surface area contributed by atoms with Crippen LogP contribution in [0.2, 0.25) is 0 Å². The van der Waals surface area contributed by atoms with Gasteiger partial charge >= 0.3 is 0 Å². The Morgan fingerprint density at radius 2 is 1.69 bits per heavy atom. The molecule has 132 valence electrons. The summed E-state index contributed by atoms with van der Waals surface area (Å²) in [6, 6.07) is 22.7. The molecule has 26 heavy (non-hydrogen) atoms. The Kier molecular flexibility index (Phi) is 5.88. The quantitative estimate of drug-likeness (QED) is 0.626. The fourth-order valence-electron chi connectivity index (χ4n) is 2.50. The van der Waals surface area contributed by atoms with Crippen molar-refractivity contribution < 1.29 is 14.6 Å². The summed E-state index contributed by atoms with van der Waals surface area (Å²) in [6.45, 7) is 0.585. The van der Waals surface area contributed by atoms with Gasteiger partial charge in [0.15, 0.2) is 11.5 Å². The fraction of sp³-hybridized carbons (Fsp3) is 0.136. The van der Waals surface area contributed by atoms with Gasteiger partial charge in [-0.3, -0.25) is 4.99 Å². The molecule has 0 heterocycles. The van der Waals surface area contributed by atoms with Crippen molar-refractivity contribution in [2.75, 3.05) is 13.7 Å².